The Balaban J connectivity index is 1.88. The molecule has 1 aliphatic rings. The molecule has 0 fully saturated rings. The summed E-state index contributed by atoms with van der Waals surface area (Å²) in [5.74, 6) is 0.490. The van der Waals surface area contributed by atoms with Crippen molar-refractivity contribution in [3.8, 4) is 5.75 Å². The van der Waals surface area contributed by atoms with Crippen LogP contribution in [0.15, 0.2) is 42.5 Å². The van der Waals surface area contributed by atoms with Gasteiger partial charge in [0.05, 0.1) is 18.3 Å². The molecule has 2 amide bonds. The quantitative estimate of drug-likeness (QED) is 0.896. The summed E-state index contributed by atoms with van der Waals surface area (Å²) < 4.78 is 5.67. The van der Waals surface area contributed by atoms with E-state index >= 15 is 0 Å². The number of rotatable bonds is 5. The molecular formula is C21H24N2O3. The van der Waals surface area contributed by atoms with Crippen LogP contribution in [0.3, 0.4) is 0 Å². The summed E-state index contributed by atoms with van der Waals surface area (Å²) in [4.78, 5) is 26.2. The predicted molar refractivity (Wildman–Crippen MR) is 101 cm³/mol. The number of amides is 2. The molecule has 1 heterocycles. The Morgan fingerprint density at radius 3 is 2.50 bits per heavy atom. The number of hydrogen-bond donors (Lipinski definition) is 1. The zero-order chi connectivity index (χ0) is 18.8. The minimum Gasteiger partial charge on any atom is -0.491 e. The largest absolute Gasteiger partial charge is 0.491 e. The number of carbonyl (C=O) groups is 2. The smallest absolute Gasteiger partial charge is 0.254 e. The van der Waals surface area contributed by atoms with E-state index in [0.29, 0.717) is 6.54 Å². The number of anilines is 1. The van der Waals surface area contributed by atoms with Crippen molar-refractivity contribution < 1.29 is 14.3 Å². The number of fused-ring (bicyclic) bond motifs is 1. The van der Waals surface area contributed by atoms with Crippen molar-refractivity contribution in [1.82, 2.24) is 5.32 Å². The Morgan fingerprint density at radius 2 is 1.88 bits per heavy atom. The molecule has 0 aliphatic carbocycles. The molecule has 1 aliphatic heterocycles. The number of nitrogens with zero attached hydrogens (tertiary/aromatic N) is 1. The van der Waals surface area contributed by atoms with Crippen molar-refractivity contribution in [1.29, 1.82) is 0 Å². The predicted octanol–water partition coefficient (Wildman–Crippen LogP) is 3.51. The van der Waals surface area contributed by atoms with Crippen molar-refractivity contribution in [2.24, 2.45) is 0 Å². The Bertz CT molecular complexity index is 828. The standard InChI is InChI=1S/C21H24N2O3/c1-13(2)26-17-10-8-16(9-11-17)12-23-20-14(3)6-5-7-18(20)19(21(23)25)22-15(4)24/h5-11,13,19H,12H2,1-4H3,(H,22,24). The number of benzene rings is 2. The van der Waals surface area contributed by atoms with Gasteiger partial charge >= 0.3 is 0 Å². The van der Waals surface area contributed by atoms with Crippen LogP contribution >= 0.6 is 0 Å². The maximum absolute atomic E-state index is 13.0. The minimum absolute atomic E-state index is 0.105. The number of para-hydroxylation sites is 1. The number of nitrogens with one attached hydrogen (secondary N) is 1. The van der Waals surface area contributed by atoms with E-state index in [2.05, 4.69) is 5.32 Å². The molecular weight excluding hydrogens is 328 g/mol. The summed E-state index contributed by atoms with van der Waals surface area (Å²) in [6.07, 6.45) is 0.119. The van der Waals surface area contributed by atoms with E-state index in [-0.39, 0.29) is 17.9 Å². The first-order chi connectivity index (χ1) is 12.4. The van der Waals surface area contributed by atoms with Crippen LogP contribution in [0.5, 0.6) is 5.75 Å². The Labute approximate surface area is 154 Å². The van der Waals surface area contributed by atoms with Gasteiger partial charge in [0, 0.05) is 12.5 Å². The molecule has 1 N–H and O–H groups in total. The minimum atomic E-state index is -0.619. The molecule has 0 saturated heterocycles. The lowest BCUT2D eigenvalue weighted by atomic mass is 10.1. The first kappa shape index (κ1) is 18.0. The van der Waals surface area contributed by atoms with Gasteiger partial charge in [0.25, 0.3) is 5.91 Å². The molecule has 1 atom stereocenters. The maximum atomic E-state index is 13.0. The molecule has 5 heteroatoms. The highest BCUT2D eigenvalue weighted by molar-refractivity contribution is 6.06. The second-order valence-electron chi connectivity index (χ2n) is 6.88. The van der Waals surface area contributed by atoms with Crippen LogP contribution in [0.25, 0.3) is 0 Å². The second kappa shape index (κ2) is 7.20. The van der Waals surface area contributed by atoms with Crippen LogP contribution in [0.1, 0.15) is 43.5 Å². The lowest BCUT2D eigenvalue weighted by molar-refractivity contribution is -0.126. The van der Waals surface area contributed by atoms with Crippen LogP contribution in [-0.4, -0.2) is 17.9 Å². The lowest BCUT2D eigenvalue weighted by Gasteiger charge is -2.20. The molecule has 2 aromatic carbocycles. The molecule has 0 saturated carbocycles. The van der Waals surface area contributed by atoms with Crippen LogP contribution in [0.4, 0.5) is 5.69 Å². The van der Waals surface area contributed by atoms with E-state index in [4.69, 9.17) is 4.74 Å². The Kier molecular flexibility index (Phi) is 4.98. The van der Waals surface area contributed by atoms with Crippen molar-refractivity contribution in [3.63, 3.8) is 0 Å². The van der Waals surface area contributed by atoms with Gasteiger partial charge in [0.2, 0.25) is 5.91 Å². The SMILES string of the molecule is CC(=O)NC1C(=O)N(Cc2ccc(OC(C)C)cc2)c2c(C)cccc21. The molecule has 0 spiro atoms. The van der Waals surface area contributed by atoms with E-state index in [1.54, 1.807) is 4.90 Å². The fourth-order valence-electron chi connectivity index (χ4n) is 3.31. The third kappa shape index (κ3) is 3.57. The van der Waals surface area contributed by atoms with Gasteiger partial charge in [-0.15, -0.1) is 0 Å². The van der Waals surface area contributed by atoms with Crippen molar-refractivity contribution >= 4 is 17.5 Å². The van der Waals surface area contributed by atoms with Crippen LogP contribution < -0.4 is 15.0 Å². The fourth-order valence-corrected chi connectivity index (χ4v) is 3.31. The van der Waals surface area contributed by atoms with Gasteiger partial charge in [0.15, 0.2) is 0 Å². The molecule has 3 rings (SSSR count). The molecule has 1 unspecified atom stereocenters. The summed E-state index contributed by atoms with van der Waals surface area (Å²) in [7, 11) is 0. The normalized spacial score (nSPS) is 16.0. The van der Waals surface area contributed by atoms with Crippen LogP contribution in [-0.2, 0) is 16.1 Å². The van der Waals surface area contributed by atoms with E-state index in [0.717, 1.165) is 28.1 Å². The number of ether oxygens (including phenoxy) is 1. The molecule has 26 heavy (non-hydrogen) atoms. The van der Waals surface area contributed by atoms with E-state index in [9.17, 15) is 9.59 Å². The topological polar surface area (TPSA) is 58.6 Å². The van der Waals surface area contributed by atoms with Crippen LogP contribution in [0, 0.1) is 6.92 Å². The molecule has 0 bridgehead atoms. The molecule has 0 radical (unpaired) electrons. The monoisotopic (exact) mass is 352 g/mol. The highest BCUT2D eigenvalue weighted by atomic mass is 16.5. The second-order valence-corrected chi connectivity index (χ2v) is 6.88. The lowest BCUT2D eigenvalue weighted by Crippen LogP contribution is -2.36. The van der Waals surface area contributed by atoms with Gasteiger partial charge in [-0.1, -0.05) is 30.3 Å². The number of carbonyl (C=O) groups excluding carboxylic acids is 2. The fraction of sp³-hybridized carbons (Fsp3) is 0.333. The summed E-state index contributed by atoms with van der Waals surface area (Å²) in [6, 6.07) is 12.9. The van der Waals surface area contributed by atoms with Gasteiger partial charge in [0.1, 0.15) is 11.8 Å². The van der Waals surface area contributed by atoms with Gasteiger partial charge < -0.3 is 15.0 Å². The zero-order valence-corrected chi connectivity index (χ0v) is 15.6. The highest BCUT2D eigenvalue weighted by Gasteiger charge is 2.38. The molecule has 2 aromatic rings. The Hall–Kier alpha value is -2.82. The van der Waals surface area contributed by atoms with E-state index < -0.39 is 6.04 Å². The maximum Gasteiger partial charge on any atom is 0.254 e. The first-order valence-corrected chi connectivity index (χ1v) is 8.80. The van der Waals surface area contributed by atoms with Gasteiger partial charge in [-0.3, -0.25) is 9.59 Å². The van der Waals surface area contributed by atoms with Crippen LogP contribution in [0.2, 0.25) is 0 Å². The van der Waals surface area contributed by atoms with Gasteiger partial charge in [-0.2, -0.15) is 0 Å². The third-order valence-corrected chi connectivity index (χ3v) is 4.35. The third-order valence-electron chi connectivity index (χ3n) is 4.35. The molecule has 136 valence electrons. The van der Waals surface area contributed by atoms with Crippen molar-refractivity contribution in [3.05, 3.63) is 59.2 Å². The van der Waals surface area contributed by atoms with Gasteiger partial charge in [-0.05, 0) is 44.0 Å². The summed E-state index contributed by atoms with van der Waals surface area (Å²) in [6.45, 7) is 7.83. The Morgan fingerprint density at radius 1 is 1.19 bits per heavy atom. The first-order valence-electron chi connectivity index (χ1n) is 8.80. The van der Waals surface area contributed by atoms with E-state index in [1.165, 1.54) is 6.92 Å². The highest BCUT2D eigenvalue weighted by Crippen LogP contribution is 2.39. The average molecular weight is 352 g/mol. The summed E-state index contributed by atoms with van der Waals surface area (Å²) in [5.41, 5.74) is 3.76. The van der Waals surface area contributed by atoms with E-state index in [1.807, 2.05) is 63.2 Å². The molecule has 0 aromatic heterocycles. The molecule has 5 nitrogen and oxygen atoms in total. The van der Waals surface area contributed by atoms with Gasteiger partial charge in [-0.25, -0.2) is 0 Å². The zero-order valence-electron chi connectivity index (χ0n) is 15.6. The number of hydrogen-bond acceptors (Lipinski definition) is 3. The van der Waals surface area contributed by atoms with Crippen molar-refractivity contribution in [2.75, 3.05) is 4.90 Å². The summed E-state index contributed by atoms with van der Waals surface area (Å²) in [5, 5.41) is 2.77. The summed E-state index contributed by atoms with van der Waals surface area (Å²) >= 11 is 0. The van der Waals surface area contributed by atoms with Crippen molar-refractivity contribution in [2.45, 2.75) is 46.4 Å². The average Bonchev–Trinajstić information content (AvgIpc) is 2.82. The number of aryl methyl sites for hydroxylation is 1.